The number of nitrogens with one attached hydrogen (secondary N) is 1. The van der Waals surface area contributed by atoms with Crippen LogP contribution in [-0.2, 0) is 0 Å². The number of hydrogen-bond acceptors (Lipinski definition) is 8. The maximum atomic E-state index is 12.7. The molecule has 9 heteroatoms. The molecule has 0 fully saturated rings. The quantitative estimate of drug-likeness (QED) is 0.112. The Labute approximate surface area is 196 Å². The first kappa shape index (κ1) is 21.1. The number of benzene rings is 3. The van der Waals surface area contributed by atoms with Gasteiger partial charge in [0.05, 0.1) is 16.2 Å². The van der Waals surface area contributed by atoms with Crippen molar-refractivity contribution in [1.29, 1.82) is 5.26 Å². The van der Waals surface area contributed by atoms with Crippen LogP contribution in [0.1, 0.15) is 5.01 Å². The smallest absolute Gasteiger partial charge is 0.345 e. The van der Waals surface area contributed by atoms with Crippen molar-refractivity contribution in [3.63, 3.8) is 0 Å². The number of non-ortho nitro benzene ring substituents is 1. The lowest BCUT2D eigenvalue weighted by atomic mass is 10.0. The van der Waals surface area contributed by atoms with Crippen LogP contribution in [0.5, 0.6) is 0 Å². The molecule has 8 nitrogen and oxygen atoms in total. The summed E-state index contributed by atoms with van der Waals surface area (Å²) in [6.07, 6.45) is 1.43. The first-order valence-electron chi connectivity index (χ1n) is 10.1. The summed E-state index contributed by atoms with van der Waals surface area (Å²) in [6.45, 7) is 0. The highest BCUT2D eigenvalue weighted by Gasteiger charge is 2.15. The Hall–Kier alpha value is -4.81. The molecule has 2 aromatic heterocycles. The lowest BCUT2D eigenvalue weighted by Gasteiger charge is -2.04. The molecule has 0 aliphatic rings. The van der Waals surface area contributed by atoms with E-state index in [0.717, 1.165) is 16.2 Å². The van der Waals surface area contributed by atoms with Gasteiger partial charge in [0, 0.05) is 34.8 Å². The minimum Gasteiger partial charge on any atom is -0.422 e. The van der Waals surface area contributed by atoms with Crippen LogP contribution in [0.4, 0.5) is 11.4 Å². The molecule has 34 heavy (non-hydrogen) atoms. The van der Waals surface area contributed by atoms with Crippen LogP contribution in [0.3, 0.4) is 0 Å². The maximum Gasteiger partial charge on any atom is 0.345 e. The Morgan fingerprint density at radius 3 is 2.79 bits per heavy atom. The van der Waals surface area contributed by atoms with E-state index in [2.05, 4.69) is 16.4 Å². The van der Waals surface area contributed by atoms with Crippen molar-refractivity contribution in [2.45, 2.75) is 0 Å². The number of nitrogens with zero attached hydrogens (tertiary/aromatic N) is 3. The number of anilines is 1. The summed E-state index contributed by atoms with van der Waals surface area (Å²) in [5, 5.41) is 28.3. The SMILES string of the molecule is N#C/C(=C/Nc1cccc([N+](=O)[O-])c1)c1nc(-c2cc3c(ccc4ccccc43)oc2=O)cs1. The molecule has 2 heterocycles. The van der Waals surface area contributed by atoms with Gasteiger partial charge in [-0.05, 0) is 29.0 Å². The van der Waals surface area contributed by atoms with Gasteiger partial charge in [0.2, 0.25) is 0 Å². The lowest BCUT2D eigenvalue weighted by Crippen LogP contribution is -2.03. The maximum absolute atomic E-state index is 12.7. The van der Waals surface area contributed by atoms with Gasteiger partial charge >= 0.3 is 5.63 Å². The van der Waals surface area contributed by atoms with Crippen molar-refractivity contribution in [2.24, 2.45) is 0 Å². The predicted octanol–water partition coefficient (Wildman–Crippen LogP) is 5.95. The van der Waals surface area contributed by atoms with E-state index >= 15 is 0 Å². The van der Waals surface area contributed by atoms with Gasteiger partial charge in [-0.1, -0.05) is 36.4 Å². The fraction of sp³-hybridized carbons (Fsp3) is 0. The summed E-state index contributed by atoms with van der Waals surface area (Å²) in [4.78, 5) is 27.6. The Morgan fingerprint density at radius 1 is 1.12 bits per heavy atom. The van der Waals surface area contributed by atoms with Crippen molar-refractivity contribution in [3.05, 3.63) is 104 Å². The molecule has 0 aliphatic heterocycles. The minimum absolute atomic E-state index is 0.0657. The Morgan fingerprint density at radius 2 is 1.97 bits per heavy atom. The molecule has 3 aromatic carbocycles. The number of rotatable bonds is 5. The molecule has 0 spiro atoms. The Bertz CT molecular complexity index is 1710. The third-order valence-corrected chi connectivity index (χ3v) is 6.09. The van der Waals surface area contributed by atoms with Crippen molar-refractivity contribution in [2.75, 3.05) is 5.32 Å². The monoisotopic (exact) mass is 466 g/mol. The van der Waals surface area contributed by atoms with Crippen LogP contribution in [0.2, 0.25) is 0 Å². The minimum atomic E-state index is -0.517. The number of nitro benzene ring substituents is 1. The second-order valence-electron chi connectivity index (χ2n) is 7.31. The fourth-order valence-electron chi connectivity index (χ4n) is 3.58. The van der Waals surface area contributed by atoms with E-state index in [9.17, 15) is 20.2 Å². The van der Waals surface area contributed by atoms with Crippen molar-refractivity contribution < 1.29 is 9.34 Å². The van der Waals surface area contributed by atoms with Gasteiger partial charge in [-0.2, -0.15) is 5.26 Å². The molecule has 0 bridgehead atoms. The highest BCUT2D eigenvalue weighted by molar-refractivity contribution is 7.11. The van der Waals surface area contributed by atoms with Gasteiger partial charge in [0.25, 0.3) is 5.69 Å². The lowest BCUT2D eigenvalue weighted by molar-refractivity contribution is -0.384. The van der Waals surface area contributed by atoms with E-state index in [0.29, 0.717) is 27.5 Å². The van der Waals surface area contributed by atoms with Gasteiger partial charge in [-0.15, -0.1) is 11.3 Å². The van der Waals surface area contributed by atoms with E-state index in [-0.39, 0.29) is 11.3 Å². The first-order chi connectivity index (χ1) is 16.5. The molecule has 5 aromatic rings. The molecule has 164 valence electrons. The number of thiazole rings is 1. The Balaban J connectivity index is 1.51. The molecule has 0 radical (unpaired) electrons. The fourth-order valence-corrected chi connectivity index (χ4v) is 4.36. The van der Waals surface area contributed by atoms with Gasteiger partial charge < -0.3 is 9.73 Å². The van der Waals surface area contributed by atoms with E-state index < -0.39 is 10.5 Å². The molecular formula is C25H14N4O4S. The van der Waals surface area contributed by atoms with Crippen LogP contribution in [-0.4, -0.2) is 9.91 Å². The van der Waals surface area contributed by atoms with Crippen LogP contribution in [0.25, 0.3) is 38.6 Å². The molecular weight excluding hydrogens is 452 g/mol. The van der Waals surface area contributed by atoms with E-state index in [1.54, 1.807) is 29.6 Å². The van der Waals surface area contributed by atoms with E-state index in [1.807, 2.05) is 30.3 Å². The Kier molecular flexibility index (Phi) is 5.33. The second-order valence-corrected chi connectivity index (χ2v) is 8.16. The molecule has 1 N–H and O–H groups in total. The summed E-state index contributed by atoms with van der Waals surface area (Å²) < 4.78 is 5.55. The van der Waals surface area contributed by atoms with Crippen LogP contribution in [0, 0.1) is 21.4 Å². The number of nitro groups is 1. The highest BCUT2D eigenvalue weighted by Crippen LogP contribution is 2.30. The second kappa shape index (κ2) is 8.61. The van der Waals surface area contributed by atoms with Crippen molar-refractivity contribution >= 4 is 50.0 Å². The number of allylic oxidation sites excluding steroid dienone is 1. The summed E-state index contributed by atoms with van der Waals surface area (Å²) in [5.74, 6) is 0. The largest absolute Gasteiger partial charge is 0.422 e. The molecule has 0 amide bonds. The van der Waals surface area contributed by atoms with Crippen LogP contribution in [0.15, 0.2) is 87.5 Å². The third kappa shape index (κ3) is 3.90. The van der Waals surface area contributed by atoms with Gasteiger partial charge in [-0.3, -0.25) is 10.1 Å². The van der Waals surface area contributed by atoms with E-state index in [4.69, 9.17) is 4.42 Å². The third-order valence-electron chi connectivity index (χ3n) is 5.21. The molecule has 0 aliphatic carbocycles. The van der Waals surface area contributed by atoms with Gasteiger partial charge in [-0.25, -0.2) is 9.78 Å². The molecule has 0 unspecified atom stereocenters. The van der Waals surface area contributed by atoms with Gasteiger partial charge in [0.1, 0.15) is 22.2 Å². The normalized spacial score (nSPS) is 11.4. The van der Waals surface area contributed by atoms with E-state index in [1.165, 1.54) is 29.7 Å². The standard InChI is InChI=1S/C25H14N4O4S/c26-12-16(13-27-17-5-3-6-18(10-17)29(31)32)24-28-22(14-34-24)21-11-20-19-7-2-1-4-15(19)8-9-23(20)33-25(21)30/h1-11,13-14,27H/b16-13-. The number of fused-ring (bicyclic) bond motifs is 3. The zero-order chi connectivity index (χ0) is 23.7. The molecule has 0 atom stereocenters. The van der Waals surface area contributed by atoms with Crippen LogP contribution >= 0.6 is 11.3 Å². The van der Waals surface area contributed by atoms with Crippen molar-refractivity contribution in [1.82, 2.24) is 4.98 Å². The van der Waals surface area contributed by atoms with Gasteiger partial charge in [0.15, 0.2) is 0 Å². The average molecular weight is 466 g/mol. The molecule has 0 saturated carbocycles. The first-order valence-corrected chi connectivity index (χ1v) is 10.9. The zero-order valence-electron chi connectivity index (χ0n) is 17.4. The summed E-state index contributed by atoms with van der Waals surface area (Å²) in [7, 11) is 0. The number of aromatic nitrogens is 1. The summed E-state index contributed by atoms with van der Waals surface area (Å²) >= 11 is 1.21. The average Bonchev–Trinajstić information content (AvgIpc) is 3.34. The molecule has 5 rings (SSSR count). The zero-order valence-corrected chi connectivity index (χ0v) is 18.2. The van der Waals surface area contributed by atoms with Crippen molar-refractivity contribution in [3.8, 4) is 17.3 Å². The molecule has 0 saturated heterocycles. The van der Waals surface area contributed by atoms with Crippen LogP contribution < -0.4 is 10.9 Å². The summed E-state index contributed by atoms with van der Waals surface area (Å²) in [6, 6.07) is 21.3. The topological polar surface area (TPSA) is 122 Å². The predicted molar refractivity (Wildman–Crippen MR) is 131 cm³/mol. The highest BCUT2D eigenvalue weighted by atomic mass is 32.1. The summed E-state index contributed by atoms with van der Waals surface area (Å²) in [5.41, 5.74) is 1.29. The number of nitriles is 1. The number of hydrogen-bond donors (Lipinski definition) is 1.